The fourth-order valence-corrected chi connectivity index (χ4v) is 1.22. The van der Waals surface area contributed by atoms with Gasteiger partial charge >= 0.3 is 0 Å². The van der Waals surface area contributed by atoms with E-state index in [0.29, 0.717) is 11.7 Å². The number of nitrogens with two attached hydrogens (primary N) is 1. The molecule has 0 spiro atoms. The lowest BCUT2D eigenvalue weighted by molar-refractivity contribution is -0.116. The SMILES string of the molecule is C=CC(=O)NCc1csc(N)n1. The van der Waals surface area contributed by atoms with Crippen LogP contribution in [-0.2, 0) is 11.3 Å². The summed E-state index contributed by atoms with van der Waals surface area (Å²) in [5.74, 6) is -0.207. The zero-order chi connectivity index (χ0) is 8.97. The highest BCUT2D eigenvalue weighted by molar-refractivity contribution is 7.13. The summed E-state index contributed by atoms with van der Waals surface area (Å²) in [6.45, 7) is 3.72. The van der Waals surface area contributed by atoms with Crippen LogP contribution in [0.5, 0.6) is 0 Å². The van der Waals surface area contributed by atoms with Crippen molar-refractivity contribution in [2.24, 2.45) is 0 Å². The average molecular weight is 183 g/mol. The van der Waals surface area contributed by atoms with Gasteiger partial charge in [-0.25, -0.2) is 4.98 Å². The second kappa shape index (κ2) is 3.87. The van der Waals surface area contributed by atoms with E-state index in [9.17, 15) is 4.79 Å². The van der Waals surface area contributed by atoms with Crippen LogP contribution in [0.1, 0.15) is 5.69 Å². The molecule has 0 saturated carbocycles. The predicted octanol–water partition coefficient (Wildman–Crippen LogP) is 0.528. The van der Waals surface area contributed by atoms with Crippen LogP contribution >= 0.6 is 11.3 Å². The standard InChI is InChI=1S/C7H9N3OS/c1-2-6(11)9-3-5-4-12-7(8)10-5/h2,4H,1,3H2,(H2,8,10)(H,9,11). The maximum atomic E-state index is 10.7. The van der Waals surface area contributed by atoms with Gasteiger partial charge in [-0.05, 0) is 6.08 Å². The van der Waals surface area contributed by atoms with Crippen LogP contribution in [0.4, 0.5) is 5.13 Å². The molecule has 0 aromatic carbocycles. The monoisotopic (exact) mass is 183 g/mol. The van der Waals surface area contributed by atoms with E-state index in [0.717, 1.165) is 5.69 Å². The summed E-state index contributed by atoms with van der Waals surface area (Å²) in [4.78, 5) is 14.7. The molecule has 64 valence electrons. The van der Waals surface area contributed by atoms with Crippen molar-refractivity contribution < 1.29 is 4.79 Å². The number of aromatic nitrogens is 1. The summed E-state index contributed by atoms with van der Waals surface area (Å²) in [7, 11) is 0. The molecule has 0 aliphatic heterocycles. The minimum Gasteiger partial charge on any atom is -0.375 e. The molecule has 0 atom stereocenters. The van der Waals surface area contributed by atoms with Gasteiger partial charge in [0, 0.05) is 5.38 Å². The van der Waals surface area contributed by atoms with Crippen molar-refractivity contribution >= 4 is 22.4 Å². The Morgan fingerprint density at radius 1 is 1.92 bits per heavy atom. The van der Waals surface area contributed by atoms with Gasteiger partial charge in [0.2, 0.25) is 5.91 Å². The Morgan fingerprint density at radius 2 is 2.67 bits per heavy atom. The molecule has 0 saturated heterocycles. The van der Waals surface area contributed by atoms with Crippen molar-refractivity contribution in [1.29, 1.82) is 0 Å². The van der Waals surface area contributed by atoms with Gasteiger partial charge in [0.25, 0.3) is 0 Å². The Hall–Kier alpha value is -1.36. The molecule has 0 bridgehead atoms. The van der Waals surface area contributed by atoms with E-state index >= 15 is 0 Å². The zero-order valence-corrected chi connectivity index (χ0v) is 7.23. The van der Waals surface area contributed by atoms with Crippen molar-refractivity contribution in [3.63, 3.8) is 0 Å². The molecule has 5 heteroatoms. The first kappa shape index (κ1) is 8.73. The number of carbonyl (C=O) groups excluding carboxylic acids is 1. The van der Waals surface area contributed by atoms with Gasteiger partial charge in [-0.3, -0.25) is 4.79 Å². The quantitative estimate of drug-likeness (QED) is 0.671. The Kier molecular flexibility index (Phi) is 2.82. The highest BCUT2D eigenvalue weighted by Gasteiger charge is 1.99. The van der Waals surface area contributed by atoms with Gasteiger partial charge in [-0.1, -0.05) is 6.58 Å². The minimum atomic E-state index is -0.207. The summed E-state index contributed by atoms with van der Waals surface area (Å²) in [5, 5.41) is 4.91. The molecule has 12 heavy (non-hydrogen) atoms. The van der Waals surface area contributed by atoms with E-state index in [1.807, 2.05) is 0 Å². The molecule has 0 aliphatic rings. The van der Waals surface area contributed by atoms with E-state index in [2.05, 4.69) is 16.9 Å². The molecule has 0 fully saturated rings. The van der Waals surface area contributed by atoms with Crippen molar-refractivity contribution in [3.8, 4) is 0 Å². The van der Waals surface area contributed by atoms with Crippen LogP contribution in [0.2, 0.25) is 0 Å². The Labute approximate surface area is 74.1 Å². The van der Waals surface area contributed by atoms with E-state index in [4.69, 9.17) is 5.73 Å². The highest BCUT2D eigenvalue weighted by atomic mass is 32.1. The molecule has 0 radical (unpaired) electrons. The number of nitrogens with zero attached hydrogens (tertiary/aromatic N) is 1. The number of nitrogens with one attached hydrogen (secondary N) is 1. The number of rotatable bonds is 3. The molecular formula is C7H9N3OS. The Bertz CT molecular complexity index is 295. The van der Waals surface area contributed by atoms with Crippen molar-refractivity contribution in [2.75, 3.05) is 5.73 Å². The Morgan fingerprint density at radius 3 is 3.17 bits per heavy atom. The number of hydrogen-bond acceptors (Lipinski definition) is 4. The third kappa shape index (κ3) is 2.35. The Balaban J connectivity index is 2.43. The van der Waals surface area contributed by atoms with E-state index < -0.39 is 0 Å². The van der Waals surface area contributed by atoms with Crippen molar-refractivity contribution in [1.82, 2.24) is 10.3 Å². The fourth-order valence-electron chi connectivity index (χ4n) is 0.654. The van der Waals surface area contributed by atoms with E-state index in [1.54, 1.807) is 5.38 Å². The van der Waals surface area contributed by atoms with E-state index in [-0.39, 0.29) is 5.91 Å². The molecule has 4 nitrogen and oxygen atoms in total. The smallest absolute Gasteiger partial charge is 0.243 e. The summed E-state index contributed by atoms with van der Waals surface area (Å²) in [6.07, 6.45) is 1.22. The lowest BCUT2D eigenvalue weighted by Gasteiger charge is -1.96. The molecular weight excluding hydrogens is 174 g/mol. The first-order valence-electron chi connectivity index (χ1n) is 3.32. The van der Waals surface area contributed by atoms with Crippen LogP contribution in [-0.4, -0.2) is 10.9 Å². The first-order valence-corrected chi connectivity index (χ1v) is 4.20. The van der Waals surface area contributed by atoms with Crippen LogP contribution in [0.3, 0.4) is 0 Å². The lowest BCUT2D eigenvalue weighted by atomic mass is 10.4. The second-order valence-electron chi connectivity index (χ2n) is 2.10. The molecule has 1 aromatic heterocycles. The van der Waals surface area contributed by atoms with Crippen molar-refractivity contribution in [2.45, 2.75) is 6.54 Å². The van der Waals surface area contributed by atoms with Crippen LogP contribution in [0, 0.1) is 0 Å². The molecule has 1 amide bonds. The number of nitrogen functional groups attached to an aromatic ring is 1. The first-order chi connectivity index (χ1) is 5.72. The van der Waals surface area contributed by atoms with Gasteiger partial charge in [0.05, 0.1) is 12.2 Å². The number of amides is 1. The summed E-state index contributed by atoms with van der Waals surface area (Å²) in [5.41, 5.74) is 6.16. The average Bonchev–Trinajstić information content (AvgIpc) is 2.47. The topological polar surface area (TPSA) is 68.0 Å². The zero-order valence-electron chi connectivity index (χ0n) is 6.41. The maximum Gasteiger partial charge on any atom is 0.243 e. The van der Waals surface area contributed by atoms with Gasteiger partial charge in [-0.2, -0.15) is 0 Å². The normalized spacial score (nSPS) is 9.33. The summed E-state index contributed by atoms with van der Waals surface area (Å²) < 4.78 is 0. The van der Waals surface area contributed by atoms with E-state index in [1.165, 1.54) is 17.4 Å². The third-order valence-electron chi connectivity index (χ3n) is 1.20. The number of thiazole rings is 1. The fraction of sp³-hybridized carbons (Fsp3) is 0.143. The molecule has 0 unspecified atom stereocenters. The van der Waals surface area contributed by atoms with Gasteiger partial charge < -0.3 is 11.1 Å². The predicted molar refractivity (Wildman–Crippen MR) is 48.6 cm³/mol. The van der Waals surface area contributed by atoms with Crippen molar-refractivity contribution in [3.05, 3.63) is 23.7 Å². The van der Waals surface area contributed by atoms with Gasteiger partial charge in [0.1, 0.15) is 0 Å². The molecule has 3 N–H and O–H groups in total. The van der Waals surface area contributed by atoms with Gasteiger partial charge in [0.15, 0.2) is 5.13 Å². The lowest BCUT2D eigenvalue weighted by Crippen LogP contribution is -2.20. The second-order valence-corrected chi connectivity index (χ2v) is 2.99. The minimum absolute atomic E-state index is 0.207. The molecule has 0 aliphatic carbocycles. The molecule has 1 rings (SSSR count). The number of hydrogen-bond donors (Lipinski definition) is 2. The highest BCUT2D eigenvalue weighted by Crippen LogP contribution is 2.10. The number of anilines is 1. The van der Waals surface area contributed by atoms with Crippen LogP contribution < -0.4 is 11.1 Å². The molecule has 1 heterocycles. The number of carbonyl (C=O) groups is 1. The molecule has 1 aromatic rings. The summed E-state index contributed by atoms with van der Waals surface area (Å²) >= 11 is 1.35. The van der Waals surface area contributed by atoms with Crippen LogP contribution in [0.15, 0.2) is 18.0 Å². The summed E-state index contributed by atoms with van der Waals surface area (Å²) in [6, 6.07) is 0. The van der Waals surface area contributed by atoms with Gasteiger partial charge in [-0.15, -0.1) is 11.3 Å². The largest absolute Gasteiger partial charge is 0.375 e. The van der Waals surface area contributed by atoms with Crippen LogP contribution in [0.25, 0.3) is 0 Å². The maximum absolute atomic E-state index is 10.7. The third-order valence-corrected chi connectivity index (χ3v) is 1.92.